The first-order valence-electron chi connectivity index (χ1n) is 11.3. The summed E-state index contributed by atoms with van der Waals surface area (Å²) in [5.74, 6) is -0.133. The van der Waals surface area contributed by atoms with Crippen LogP contribution in [0.1, 0.15) is 123 Å². The van der Waals surface area contributed by atoms with Crippen LogP contribution < -0.4 is 5.73 Å². The Morgan fingerprint density at radius 3 is 1.81 bits per heavy atom. The van der Waals surface area contributed by atoms with E-state index in [0.717, 1.165) is 32.1 Å². The number of hydrogen-bond donors (Lipinski definition) is 1. The molecule has 0 rings (SSSR count). The molecule has 1 unspecified atom stereocenters. The Balaban J connectivity index is 0. The normalized spacial score (nSPS) is 12.1. The van der Waals surface area contributed by atoms with Crippen molar-refractivity contribution in [3.05, 3.63) is 12.2 Å². The molecule has 0 aliphatic rings. The van der Waals surface area contributed by atoms with E-state index in [1.807, 2.05) is 0 Å². The molecule has 3 nitrogen and oxygen atoms in total. The zero-order valence-corrected chi connectivity index (χ0v) is 18.9. The topological polar surface area (TPSA) is 52.3 Å². The van der Waals surface area contributed by atoms with Crippen LogP contribution in [0.4, 0.5) is 0 Å². The van der Waals surface area contributed by atoms with Crippen molar-refractivity contribution in [2.75, 3.05) is 0 Å². The minimum atomic E-state index is -0.412. The number of hydrogen-bond acceptors (Lipinski definition) is 3. The smallest absolute Gasteiger partial charge is 0.307 e. The van der Waals surface area contributed by atoms with Gasteiger partial charge in [-0.1, -0.05) is 83.8 Å². The van der Waals surface area contributed by atoms with Crippen molar-refractivity contribution < 1.29 is 9.53 Å². The van der Waals surface area contributed by atoms with Gasteiger partial charge in [0.1, 0.15) is 0 Å². The Kier molecular flexibility index (Phi) is 25.0. The summed E-state index contributed by atoms with van der Waals surface area (Å²) < 4.78 is 5.20. The number of halogens is 1. The third-order valence-electron chi connectivity index (χ3n) is 4.77. The summed E-state index contributed by atoms with van der Waals surface area (Å²) in [5, 5.41) is 0. The molecule has 1 atom stereocenters. The number of nitrogens with two attached hydrogens (primary N) is 1. The molecular formula is C23H46ClNO2. The molecule has 0 saturated carbocycles. The number of unbranched alkanes of at least 4 members (excludes halogenated alkanes) is 12. The van der Waals surface area contributed by atoms with Crippen molar-refractivity contribution in [1.29, 1.82) is 0 Å². The summed E-state index contributed by atoms with van der Waals surface area (Å²) in [7, 11) is 0. The van der Waals surface area contributed by atoms with E-state index in [2.05, 4.69) is 26.0 Å². The van der Waals surface area contributed by atoms with Gasteiger partial charge in [0, 0.05) is 6.42 Å². The van der Waals surface area contributed by atoms with Crippen LogP contribution in [0.3, 0.4) is 0 Å². The first kappa shape index (κ1) is 28.7. The summed E-state index contributed by atoms with van der Waals surface area (Å²) in [5.41, 5.74) is 5.77. The first-order valence-corrected chi connectivity index (χ1v) is 11.3. The Morgan fingerprint density at radius 2 is 1.26 bits per heavy atom. The summed E-state index contributed by atoms with van der Waals surface area (Å²) in [4.78, 5) is 11.6. The number of rotatable bonds is 19. The molecule has 0 fully saturated rings. The second-order valence-corrected chi connectivity index (χ2v) is 7.50. The van der Waals surface area contributed by atoms with Crippen molar-refractivity contribution in [3.8, 4) is 0 Å². The largest absolute Gasteiger partial charge is 0.447 e. The van der Waals surface area contributed by atoms with Crippen molar-refractivity contribution >= 4 is 18.4 Å². The van der Waals surface area contributed by atoms with E-state index in [0.29, 0.717) is 6.42 Å². The molecule has 0 spiro atoms. The lowest BCUT2D eigenvalue weighted by Gasteiger charge is -2.12. The summed E-state index contributed by atoms with van der Waals surface area (Å²) in [6.45, 7) is 4.38. The maximum Gasteiger partial charge on any atom is 0.307 e. The van der Waals surface area contributed by atoms with E-state index in [1.165, 1.54) is 70.6 Å². The lowest BCUT2D eigenvalue weighted by Crippen LogP contribution is -2.26. The Hall–Kier alpha value is -0.540. The standard InChI is InChI=1S/C23H45NO2.ClH/c1-3-5-7-8-9-10-11-12-13-14-15-16-17-18-19-21-23(25)26-22(24)20-6-4-2;/h12-13,22H,3-11,14-21,24H2,1-2H3;1H/b13-12-;. The van der Waals surface area contributed by atoms with Gasteiger partial charge < -0.3 is 4.74 Å². The summed E-state index contributed by atoms with van der Waals surface area (Å²) >= 11 is 0. The van der Waals surface area contributed by atoms with Crippen LogP contribution in [-0.4, -0.2) is 12.2 Å². The molecule has 162 valence electrons. The average molecular weight is 404 g/mol. The molecule has 0 heterocycles. The second-order valence-electron chi connectivity index (χ2n) is 7.50. The molecule has 0 aromatic heterocycles. The van der Waals surface area contributed by atoms with Crippen molar-refractivity contribution in [2.24, 2.45) is 5.73 Å². The fourth-order valence-electron chi connectivity index (χ4n) is 3.03. The quantitative estimate of drug-likeness (QED) is 0.105. The molecule has 0 aromatic carbocycles. The number of carbonyl (C=O) groups excluding carboxylic acids is 1. The second kappa shape index (κ2) is 23.5. The zero-order chi connectivity index (χ0) is 19.3. The van der Waals surface area contributed by atoms with Crippen molar-refractivity contribution in [2.45, 2.75) is 129 Å². The zero-order valence-electron chi connectivity index (χ0n) is 18.1. The van der Waals surface area contributed by atoms with Crippen LogP contribution in [0.2, 0.25) is 0 Å². The van der Waals surface area contributed by atoms with Crippen LogP contribution in [0.15, 0.2) is 12.2 Å². The third-order valence-corrected chi connectivity index (χ3v) is 4.77. The molecule has 0 bridgehead atoms. The maximum absolute atomic E-state index is 11.6. The molecule has 0 aliphatic heterocycles. The lowest BCUT2D eigenvalue weighted by atomic mass is 10.1. The lowest BCUT2D eigenvalue weighted by molar-refractivity contribution is -0.149. The van der Waals surface area contributed by atoms with Crippen LogP contribution >= 0.6 is 12.4 Å². The molecule has 0 saturated heterocycles. The Bertz CT molecular complexity index is 334. The van der Waals surface area contributed by atoms with Crippen LogP contribution in [0.25, 0.3) is 0 Å². The Labute approximate surface area is 175 Å². The van der Waals surface area contributed by atoms with E-state index in [9.17, 15) is 4.79 Å². The molecule has 4 heteroatoms. The molecule has 0 aliphatic carbocycles. The summed E-state index contributed by atoms with van der Waals surface area (Å²) in [6.07, 6.45) is 24.1. The van der Waals surface area contributed by atoms with Crippen LogP contribution in [-0.2, 0) is 9.53 Å². The summed E-state index contributed by atoms with van der Waals surface area (Å²) in [6, 6.07) is 0. The minimum absolute atomic E-state index is 0. The highest BCUT2D eigenvalue weighted by atomic mass is 35.5. The highest BCUT2D eigenvalue weighted by molar-refractivity contribution is 5.85. The highest BCUT2D eigenvalue weighted by Gasteiger charge is 2.08. The fraction of sp³-hybridized carbons (Fsp3) is 0.870. The van der Waals surface area contributed by atoms with Gasteiger partial charge in [-0.15, -0.1) is 12.4 Å². The number of carbonyl (C=O) groups is 1. The molecule has 27 heavy (non-hydrogen) atoms. The van der Waals surface area contributed by atoms with Gasteiger partial charge in [0.15, 0.2) is 6.23 Å². The van der Waals surface area contributed by atoms with Gasteiger partial charge in [-0.3, -0.25) is 10.5 Å². The molecule has 0 radical (unpaired) electrons. The maximum atomic E-state index is 11.6. The SMILES string of the molecule is CCCCCCCC/C=C\CCCCCCCC(=O)OC(N)CCCC.Cl. The molecule has 0 amide bonds. The van der Waals surface area contributed by atoms with Crippen LogP contribution in [0.5, 0.6) is 0 Å². The average Bonchev–Trinajstić information content (AvgIpc) is 2.63. The fourth-order valence-corrected chi connectivity index (χ4v) is 3.03. The van der Waals surface area contributed by atoms with Gasteiger partial charge in [-0.25, -0.2) is 0 Å². The van der Waals surface area contributed by atoms with Gasteiger partial charge in [-0.05, 0) is 44.9 Å². The number of esters is 1. The first-order chi connectivity index (χ1) is 12.7. The highest BCUT2D eigenvalue weighted by Crippen LogP contribution is 2.10. The van der Waals surface area contributed by atoms with E-state index in [1.54, 1.807) is 0 Å². The van der Waals surface area contributed by atoms with Gasteiger partial charge in [0.2, 0.25) is 0 Å². The number of ether oxygens (including phenoxy) is 1. The van der Waals surface area contributed by atoms with Crippen LogP contribution in [0, 0.1) is 0 Å². The number of allylic oxidation sites excluding steroid dienone is 2. The van der Waals surface area contributed by atoms with E-state index in [-0.39, 0.29) is 18.4 Å². The van der Waals surface area contributed by atoms with E-state index >= 15 is 0 Å². The van der Waals surface area contributed by atoms with Crippen molar-refractivity contribution in [3.63, 3.8) is 0 Å². The molecular weight excluding hydrogens is 358 g/mol. The van der Waals surface area contributed by atoms with E-state index < -0.39 is 6.23 Å². The predicted molar refractivity (Wildman–Crippen MR) is 120 cm³/mol. The molecule has 2 N–H and O–H groups in total. The monoisotopic (exact) mass is 403 g/mol. The van der Waals surface area contributed by atoms with Crippen molar-refractivity contribution in [1.82, 2.24) is 0 Å². The van der Waals surface area contributed by atoms with E-state index in [4.69, 9.17) is 10.5 Å². The van der Waals surface area contributed by atoms with Gasteiger partial charge in [-0.2, -0.15) is 0 Å². The van der Waals surface area contributed by atoms with Gasteiger partial charge in [0.25, 0.3) is 0 Å². The predicted octanol–water partition coefficient (Wildman–Crippen LogP) is 7.46. The van der Waals surface area contributed by atoms with Gasteiger partial charge in [0.05, 0.1) is 0 Å². The Morgan fingerprint density at radius 1 is 0.778 bits per heavy atom. The van der Waals surface area contributed by atoms with Gasteiger partial charge >= 0.3 is 5.97 Å². The minimum Gasteiger partial charge on any atom is -0.447 e. The third kappa shape index (κ3) is 23.4. The molecule has 0 aromatic rings.